The van der Waals surface area contributed by atoms with Crippen molar-refractivity contribution >= 4 is 5.97 Å². The van der Waals surface area contributed by atoms with Gasteiger partial charge in [0.25, 0.3) is 0 Å². The van der Waals surface area contributed by atoms with Crippen LogP contribution in [0, 0.1) is 5.92 Å². The summed E-state index contributed by atoms with van der Waals surface area (Å²) in [5.74, 6) is -0.393. The molecule has 0 heterocycles. The molecule has 0 spiro atoms. The summed E-state index contributed by atoms with van der Waals surface area (Å²) in [4.78, 5) is 11.9. The Balaban J connectivity index is 3.03. The zero-order valence-electron chi connectivity index (χ0n) is 12.6. The Labute approximate surface area is 122 Å². The molecule has 0 aliphatic rings. The van der Waals surface area contributed by atoms with Crippen LogP contribution in [0.4, 0.5) is 0 Å². The first-order valence-corrected chi connectivity index (χ1v) is 7.59. The van der Waals surface area contributed by atoms with E-state index < -0.39 is 11.4 Å². The third-order valence-electron chi connectivity index (χ3n) is 4.26. The van der Waals surface area contributed by atoms with E-state index in [0.717, 1.165) is 31.2 Å². The van der Waals surface area contributed by atoms with Crippen LogP contribution in [0.1, 0.15) is 51.5 Å². The van der Waals surface area contributed by atoms with Gasteiger partial charge in [-0.2, -0.15) is 0 Å². The molecule has 3 heteroatoms. The van der Waals surface area contributed by atoms with Crippen molar-refractivity contribution in [3.05, 3.63) is 35.9 Å². The second-order valence-corrected chi connectivity index (χ2v) is 5.58. The Kier molecular flexibility index (Phi) is 6.73. The van der Waals surface area contributed by atoms with Crippen LogP contribution in [-0.2, 0) is 10.2 Å². The molecule has 1 aromatic carbocycles. The molecule has 0 aliphatic carbocycles. The second-order valence-electron chi connectivity index (χ2n) is 5.58. The summed E-state index contributed by atoms with van der Waals surface area (Å²) in [6.45, 7) is 4.45. The highest BCUT2D eigenvalue weighted by Crippen LogP contribution is 2.34. The van der Waals surface area contributed by atoms with Crippen LogP contribution in [-0.4, -0.2) is 17.6 Å². The Bertz CT molecular complexity index is 405. The summed E-state index contributed by atoms with van der Waals surface area (Å²) in [7, 11) is 0. The van der Waals surface area contributed by atoms with Gasteiger partial charge in [0.1, 0.15) is 5.41 Å². The summed E-state index contributed by atoms with van der Waals surface area (Å²) >= 11 is 0. The highest BCUT2D eigenvalue weighted by Gasteiger charge is 2.40. The van der Waals surface area contributed by atoms with E-state index in [4.69, 9.17) is 5.73 Å². The average Bonchev–Trinajstić information content (AvgIpc) is 2.48. The fourth-order valence-corrected chi connectivity index (χ4v) is 2.81. The quantitative estimate of drug-likeness (QED) is 0.725. The van der Waals surface area contributed by atoms with E-state index in [1.807, 2.05) is 30.3 Å². The van der Waals surface area contributed by atoms with E-state index >= 15 is 0 Å². The van der Waals surface area contributed by atoms with Crippen LogP contribution in [0.5, 0.6) is 0 Å². The SMILES string of the molecule is CCCCC(CC)CC(CN)(C(=O)O)c1ccccc1. The molecule has 0 aromatic heterocycles. The van der Waals surface area contributed by atoms with Crippen LogP contribution in [0.3, 0.4) is 0 Å². The number of unbranched alkanes of at least 4 members (excludes halogenated alkanes) is 1. The molecule has 0 bridgehead atoms. The predicted molar refractivity (Wildman–Crippen MR) is 82.7 cm³/mol. The second kappa shape index (κ2) is 8.05. The maximum absolute atomic E-state index is 11.9. The molecule has 3 N–H and O–H groups in total. The number of nitrogens with two attached hydrogens (primary N) is 1. The Hall–Kier alpha value is -1.35. The number of carboxylic acid groups (broad SMARTS) is 1. The summed E-state index contributed by atoms with van der Waals surface area (Å²) in [6.07, 6.45) is 4.99. The van der Waals surface area contributed by atoms with E-state index in [1.54, 1.807) is 0 Å². The van der Waals surface area contributed by atoms with Crippen LogP contribution >= 0.6 is 0 Å². The van der Waals surface area contributed by atoms with Crippen LogP contribution < -0.4 is 5.73 Å². The standard InChI is InChI=1S/C17H27NO2/c1-3-5-9-14(4-2)12-17(13-18,16(19)20)15-10-7-6-8-11-15/h6-8,10-11,14H,3-5,9,12-13,18H2,1-2H3,(H,19,20). The summed E-state index contributed by atoms with van der Waals surface area (Å²) in [5, 5.41) is 9.77. The van der Waals surface area contributed by atoms with Gasteiger partial charge in [-0.1, -0.05) is 69.9 Å². The van der Waals surface area contributed by atoms with Crippen LogP contribution in [0.15, 0.2) is 30.3 Å². The first-order valence-electron chi connectivity index (χ1n) is 7.59. The number of rotatable bonds is 9. The average molecular weight is 277 g/mol. The molecule has 1 rings (SSSR count). The van der Waals surface area contributed by atoms with Crippen molar-refractivity contribution in [3.8, 4) is 0 Å². The number of carboxylic acids is 1. The predicted octanol–water partition coefficient (Wildman–Crippen LogP) is 3.57. The topological polar surface area (TPSA) is 63.3 Å². The zero-order chi connectivity index (χ0) is 15.0. The van der Waals surface area contributed by atoms with Crippen molar-refractivity contribution in [2.45, 2.75) is 51.4 Å². The lowest BCUT2D eigenvalue weighted by Crippen LogP contribution is -2.44. The smallest absolute Gasteiger partial charge is 0.315 e. The fourth-order valence-electron chi connectivity index (χ4n) is 2.81. The molecule has 112 valence electrons. The van der Waals surface area contributed by atoms with Gasteiger partial charge in [0.15, 0.2) is 0 Å². The molecule has 0 radical (unpaired) electrons. The van der Waals surface area contributed by atoms with Crippen molar-refractivity contribution in [3.63, 3.8) is 0 Å². The van der Waals surface area contributed by atoms with Gasteiger partial charge in [-0.05, 0) is 17.9 Å². The maximum Gasteiger partial charge on any atom is 0.315 e. The Morgan fingerprint density at radius 2 is 1.95 bits per heavy atom. The van der Waals surface area contributed by atoms with E-state index in [2.05, 4.69) is 13.8 Å². The van der Waals surface area contributed by atoms with Gasteiger partial charge >= 0.3 is 5.97 Å². The molecule has 20 heavy (non-hydrogen) atoms. The molecule has 3 nitrogen and oxygen atoms in total. The number of hydrogen-bond donors (Lipinski definition) is 2. The van der Waals surface area contributed by atoms with Gasteiger partial charge in [0.2, 0.25) is 0 Å². The summed E-state index contributed by atoms with van der Waals surface area (Å²) < 4.78 is 0. The molecule has 0 saturated carbocycles. The van der Waals surface area contributed by atoms with Crippen LogP contribution in [0.25, 0.3) is 0 Å². The molecular formula is C17H27NO2. The summed E-state index contributed by atoms with van der Waals surface area (Å²) in [6, 6.07) is 9.44. The lowest BCUT2D eigenvalue weighted by atomic mass is 9.72. The molecule has 0 saturated heterocycles. The minimum Gasteiger partial charge on any atom is -0.481 e. The molecular weight excluding hydrogens is 250 g/mol. The third-order valence-corrected chi connectivity index (χ3v) is 4.26. The van der Waals surface area contributed by atoms with E-state index in [0.29, 0.717) is 12.3 Å². The number of carbonyl (C=O) groups is 1. The number of hydrogen-bond acceptors (Lipinski definition) is 2. The van der Waals surface area contributed by atoms with E-state index in [-0.39, 0.29) is 6.54 Å². The third kappa shape index (κ3) is 3.83. The lowest BCUT2D eigenvalue weighted by molar-refractivity contribution is -0.144. The monoisotopic (exact) mass is 277 g/mol. The Morgan fingerprint density at radius 3 is 2.40 bits per heavy atom. The zero-order valence-corrected chi connectivity index (χ0v) is 12.6. The van der Waals surface area contributed by atoms with Crippen molar-refractivity contribution in [1.29, 1.82) is 0 Å². The van der Waals surface area contributed by atoms with Gasteiger partial charge in [-0.15, -0.1) is 0 Å². The van der Waals surface area contributed by atoms with Crippen molar-refractivity contribution in [1.82, 2.24) is 0 Å². The van der Waals surface area contributed by atoms with E-state index in [1.165, 1.54) is 0 Å². The first kappa shape index (κ1) is 16.7. The highest BCUT2D eigenvalue weighted by molar-refractivity contribution is 5.81. The molecule has 0 amide bonds. The lowest BCUT2D eigenvalue weighted by Gasteiger charge is -2.32. The van der Waals surface area contributed by atoms with Crippen molar-refractivity contribution in [2.24, 2.45) is 11.7 Å². The molecule has 0 fully saturated rings. The van der Waals surface area contributed by atoms with Gasteiger partial charge < -0.3 is 10.8 Å². The normalized spacial score (nSPS) is 15.6. The van der Waals surface area contributed by atoms with E-state index in [9.17, 15) is 9.90 Å². The molecule has 2 unspecified atom stereocenters. The van der Waals surface area contributed by atoms with Gasteiger partial charge in [0, 0.05) is 6.54 Å². The highest BCUT2D eigenvalue weighted by atomic mass is 16.4. The Morgan fingerprint density at radius 1 is 1.30 bits per heavy atom. The van der Waals surface area contributed by atoms with Crippen molar-refractivity contribution < 1.29 is 9.90 Å². The van der Waals surface area contributed by atoms with Crippen LogP contribution in [0.2, 0.25) is 0 Å². The molecule has 2 atom stereocenters. The van der Waals surface area contributed by atoms with Gasteiger partial charge in [0.05, 0.1) is 0 Å². The summed E-state index contributed by atoms with van der Waals surface area (Å²) in [5.41, 5.74) is 5.77. The maximum atomic E-state index is 11.9. The van der Waals surface area contributed by atoms with Crippen molar-refractivity contribution in [2.75, 3.05) is 6.54 Å². The molecule has 0 aliphatic heterocycles. The number of aliphatic carboxylic acids is 1. The minimum atomic E-state index is -0.949. The minimum absolute atomic E-state index is 0.148. The number of benzene rings is 1. The largest absolute Gasteiger partial charge is 0.481 e. The fraction of sp³-hybridized carbons (Fsp3) is 0.588. The molecule has 1 aromatic rings. The van der Waals surface area contributed by atoms with Gasteiger partial charge in [-0.25, -0.2) is 0 Å². The first-order chi connectivity index (χ1) is 9.60. The van der Waals surface area contributed by atoms with Gasteiger partial charge in [-0.3, -0.25) is 4.79 Å².